The summed E-state index contributed by atoms with van der Waals surface area (Å²) in [6.45, 7) is 0. The molecule has 0 fully saturated rings. The summed E-state index contributed by atoms with van der Waals surface area (Å²) in [6.07, 6.45) is 0. The van der Waals surface area contributed by atoms with E-state index in [-0.39, 0.29) is 19.5 Å². The number of rotatable bonds is 1. The van der Waals surface area contributed by atoms with Crippen LogP contribution in [0.3, 0.4) is 0 Å². The van der Waals surface area contributed by atoms with Crippen LogP contribution < -0.4 is 0 Å². The summed E-state index contributed by atoms with van der Waals surface area (Å²) in [7, 11) is 0. The molecule has 0 aromatic rings. The normalized spacial score (nSPS) is 12.7. The maximum Gasteiger partial charge on any atom is 0.383 e. The summed E-state index contributed by atoms with van der Waals surface area (Å²) in [5.74, 6) is 0. The third-order valence-corrected chi connectivity index (χ3v) is 1.25. The van der Waals surface area contributed by atoms with Crippen molar-refractivity contribution in [2.75, 3.05) is 0 Å². The molecule has 0 rings (SSSR count). The molecule has 9 heavy (non-hydrogen) atoms. The van der Waals surface area contributed by atoms with Gasteiger partial charge in [-0.15, -0.1) is 0 Å². The smallest absolute Gasteiger partial charge is 0.199 e. The van der Waals surface area contributed by atoms with Crippen LogP contribution in [0.2, 0.25) is 0 Å². The summed E-state index contributed by atoms with van der Waals surface area (Å²) in [5, 5.41) is -4.23. The van der Waals surface area contributed by atoms with E-state index in [2.05, 4.69) is 34.8 Å². The molecule has 0 saturated carbocycles. The Balaban J connectivity index is 0. The van der Waals surface area contributed by atoms with Crippen molar-refractivity contribution in [3.8, 4) is 0 Å². The van der Waals surface area contributed by atoms with Crippen molar-refractivity contribution in [2.24, 2.45) is 0 Å². The zero-order valence-corrected chi connectivity index (χ0v) is 9.21. The first-order valence-corrected chi connectivity index (χ1v) is 2.52. The average Bonchev–Trinajstić information content (AvgIpc) is 1.25. The number of hydrogen-bond acceptors (Lipinski definition) is 0. The molecule has 7 heteroatoms. The van der Waals surface area contributed by atoms with E-state index in [1.807, 2.05) is 0 Å². The van der Waals surface area contributed by atoms with Crippen molar-refractivity contribution in [2.45, 2.75) is 9.97 Å². The van der Waals surface area contributed by atoms with Gasteiger partial charge in [0.15, 0.2) is 0 Å². The largest absolute Gasteiger partial charge is 0.383 e. The summed E-state index contributed by atoms with van der Waals surface area (Å²) >= 11 is 12.5. The fourth-order valence-corrected chi connectivity index (χ4v) is 0. The Morgan fingerprint density at radius 1 is 0.889 bits per heavy atom. The predicted octanol–water partition coefficient (Wildman–Crippen LogP) is 2.92. The second-order valence-corrected chi connectivity index (χ2v) is 2.71. The molecule has 0 heterocycles. The van der Waals surface area contributed by atoms with Crippen LogP contribution in [0.15, 0.2) is 0 Å². The molecule has 52 valence electrons. The van der Waals surface area contributed by atoms with Crippen LogP contribution in [-0.4, -0.2) is 9.97 Å². The second-order valence-electron chi connectivity index (χ2n) is 0.996. The summed E-state index contributed by atoms with van der Waals surface area (Å²) in [5.41, 5.74) is 0. The Labute approximate surface area is 77.4 Å². The minimum atomic E-state index is -4.23. The maximum absolute atomic E-state index is 11.5. The van der Waals surface area contributed by atoms with Crippen molar-refractivity contribution < 1.29 is 32.6 Å². The van der Waals surface area contributed by atoms with E-state index in [9.17, 15) is 13.2 Å². The quantitative estimate of drug-likeness (QED) is 0.497. The third-order valence-electron chi connectivity index (χ3n) is 0.321. The Bertz CT molecular complexity index is 72.0. The Morgan fingerprint density at radius 3 is 1.00 bits per heavy atom. The first-order valence-electron chi connectivity index (χ1n) is 1.38. The van der Waals surface area contributed by atoms with Gasteiger partial charge in [0.1, 0.15) is 0 Å². The Kier molecular flexibility index (Phi) is 5.18. The van der Waals surface area contributed by atoms with Crippen molar-refractivity contribution >= 4 is 34.8 Å². The van der Waals surface area contributed by atoms with Crippen LogP contribution in [0.25, 0.3) is 0 Å². The van der Waals surface area contributed by atoms with Crippen LogP contribution in [0.1, 0.15) is 0 Å². The molecule has 0 saturated heterocycles. The molecule has 0 spiro atoms. The fraction of sp³-hybridized carbons (Fsp3) is 1.00. The van der Waals surface area contributed by atoms with Gasteiger partial charge >= 0.3 is 9.97 Å². The molecule has 0 radical (unpaired) electrons. The summed E-state index contributed by atoms with van der Waals surface area (Å²) in [4.78, 5) is 0. The van der Waals surface area contributed by atoms with Gasteiger partial charge < -0.3 is 0 Å². The van der Waals surface area contributed by atoms with Crippen LogP contribution in [0.5, 0.6) is 0 Å². The monoisotopic (exact) mass is 250 g/mol. The van der Waals surface area contributed by atoms with E-state index >= 15 is 0 Å². The molecular formula is C2Cl3F3Zn. The van der Waals surface area contributed by atoms with Crippen molar-refractivity contribution in [3.63, 3.8) is 0 Å². The van der Waals surface area contributed by atoms with E-state index in [1.54, 1.807) is 0 Å². The maximum atomic E-state index is 11.5. The average molecular weight is 253 g/mol. The van der Waals surface area contributed by atoms with Gasteiger partial charge in [-0.2, -0.15) is 13.2 Å². The van der Waals surface area contributed by atoms with Crippen LogP contribution in [-0.2, 0) is 19.5 Å². The number of halogens is 6. The van der Waals surface area contributed by atoms with Gasteiger partial charge in [0.25, 0.3) is 0 Å². The molecular weight excluding hydrogens is 253 g/mol. The van der Waals surface area contributed by atoms with E-state index < -0.39 is 9.97 Å². The first kappa shape index (κ1) is 12.9. The van der Waals surface area contributed by atoms with E-state index in [0.29, 0.717) is 0 Å². The van der Waals surface area contributed by atoms with Crippen LogP contribution in [0.4, 0.5) is 13.2 Å². The molecule has 0 N–H and O–H groups in total. The number of hydrogen-bond donors (Lipinski definition) is 0. The van der Waals surface area contributed by atoms with E-state index in [0.717, 1.165) is 0 Å². The number of alkyl halides is 6. The SMILES string of the molecule is FC(F)(Cl)C(F)(Cl)Cl.[Zn]. The summed E-state index contributed by atoms with van der Waals surface area (Å²) in [6, 6.07) is 0. The molecule has 0 unspecified atom stereocenters. The molecule has 0 bridgehead atoms. The standard InChI is InChI=1S/C2Cl3F3.Zn/c3-1(4,6)2(5,7)8;. The van der Waals surface area contributed by atoms with Crippen LogP contribution >= 0.6 is 34.8 Å². The van der Waals surface area contributed by atoms with Crippen molar-refractivity contribution in [1.82, 2.24) is 0 Å². The molecule has 0 nitrogen and oxygen atoms in total. The van der Waals surface area contributed by atoms with Gasteiger partial charge in [-0.3, -0.25) is 0 Å². The topological polar surface area (TPSA) is 0 Å². The van der Waals surface area contributed by atoms with Gasteiger partial charge in [0, 0.05) is 19.5 Å². The first-order chi connectivity index (χ1) is 3.25. The molecule has 0 atom stereocenters. The molecule has 0 aliphatic rings. The van der Waals surface area contributed by atoms with Crippen LogP contribution in [0, 0.1) is 0 Å². The minimum Gasteiger partial charge on any atom is -0.199 e. The molecule has 0 amide bonds. The zero-order valence-electron chi connectivity index (χ0n) is 3.97. The third kappa shape index (κ3) is 4.66. The van der Waals surface area contributed by atoms with Gasteiger partial charge in [0.2, 0.25) is 0 Å². The zero-order chi connectivity index (χ0) is 7.00. The molecule has 0 aromatic carbocycles. The Morgan fingerprint density at radius 2 is 1.00 bits per heavy atom. The minimum absolute atomic E-state index is 0. The molecule has 0 aliphatic carbocycles. The van der Waals surface area contributed by atoms with Gasteiger partial charge in [-0.05, 0) is 11.6 Å². The van der Waals surface area contributed by atoms with E-state index in [1.165, 1.54) is 0 Å². The Hall–Kier alpha value is 1.28. The fourth-order valence-electron chi connectivity index (χ4n) is 0. The second kappa shape index (κ2) is 3.61. The van der Waals surface area contributed by atoms with Gasteiger partial charge in [-0.1, -0.05) is 23.2 Å². The molecule has 0 aliphatic heterocycles. The summed E-state index contributed by atoms with van der Waals surface area (Å²) < 4.78 is 30.6. The van der Waals surface area contributed by atoms with Crippen molar-refractivity contribution in [3.05, 3.63) is 0 Å². The predicted molar refractivity (Wildman–Crippen MR) is 26.3 cm³/mol. The van der Waals surface area contributed by atoms with Gasteiger partial charge in [0.05, 0.1) is 0 Å². The molecule has 0 aromatic heterocycles. The van der Waals surface area contributed by atoms with E-state index in [4.69, 9.17) is 0 Å². The van der Waals surface area contributed by atoms with Crippen molar-refractivity contribution in [1.29, 1.82) is 0 Å². The van der Waals surface area contributed by atoms with Gasteiger partial charge in [-0.25, -0.2) is 0 Å².